The van der Waals surface area contributed by atoms with Gasteiger partial charge in [-0.3, -0.25) is 0 Å². The van der Waals surface area contributed by atoms with E-state index >= 15 is 0 Å². The van der Waals surface area contributed by atoms with Gasteiger partial charge in [0.1, 0.15) is 11.6 Å². The van der Waals surface area contributed by atoms with E-state index in [4.69, 9.17) is 5.73 Å². The summed E-state index contributed by atoms with van der Waals surface area (Å²) in [6, 6.07) is 4.70. The second-order valence-corrected chi connectivity index (χ2v) is 4.85. The predicted molar refractivity (Wildman–Crippen MR) is 77.3 cm³/mol. The number of nitrogens with two attached hydrogens (primary N) is 1. The van der Waals surface area contributed by atoms with Gasteiger partial charge in [-0.15, -0.1) is 0 Å². The summed E-state index contributed by atoms with van der Waals surface area (Å²) < 4.78 is 31.7. The molecule has 1 heterocycles. The maximum absolute atomic E-state index is 13.8. The lowest BCUT2D eigenvalue weighted by Crippen LogP contribution is -2.08. The van der Waals surface area contributed by atoms with Crippen molar-refractivity contribution in [2.75, 3.05) is 18.2 Å². The maximum Gasteiger partial charge on any atom is 0.356 e. The minimum Gasteiger partial charge on any atom is -0.464 e. The fraction of sp³-hybridized carbons (Fsp3) is 0.0769. The van der Waals surface area contributed by atoms with Crippen LogP contribution in [-0.2, 0) is 4.74 Å². The number of ether oxygens (including phenoxy) is 1. The molecule has 0 aliphatic heterocycles. The van der Waals surface area contributed by atoms with Gasteiger partial charge in [0.15, 0.2) is 11.5 Å². The Morgan fingerprint density at radius 2 is 2.05 bits per heavy atom. The Bertz CT molecular complexity index is 710. The Morgan fingerprint density at radius 3 is 2.71 bits per heavy atom. The average Bonchev–Trinajstić information content (AvgIpc) is 2.46. The van der Waals surface area contributed by atoms with Crippen molar-refractivity contribution in [3.8, 4) is 0 Å². The molecule has 0 bridgehead atoms. The summed E-state index contributed by atoms with van der Waals surface area (Å²) in [6.07, 6.45) is 0. The second-order valence-electron chi connectivity index (χ2n) is 4.00. The largest absolute Gasteiger partial charge is 0.464 e. The lowest BCUT2D eigenvalue weighted by Gasteiger charge is -2.11. The first-order chi connectivity index (χ1) is 9.92. The standard InChI is InChI=1S/C13H10BrF2N3O2/c1-21-13(20)10-3-2-9(17)12(18-10)19-11-5-7(15)6(14)4-8(11)16/h2-5H,17H2,1H3,(H,18,19). The number of carbonyl (C=O) groups is 1. The monoisotopic (exact) mass is 357 g/mol. The molecule has 3 N–H and O–H groups in total. The molecule has 0 spiro atoms. The summed E-state index contributed by atoms with van der Waals surface area (Å²) >= 11 is 2.88. The highest BCUT2D eigenvalue weighted by molar-refractivity contribution is 9.10. The topological polar surface area (TPSA) is 77.2 Å². The molecule has 5 nitrogen and oxygen atoms in total. The molecule has 0 fully saturated rings. The number of nitrogens with zero attached hydrogens (tertiary/aromatic N) is 1. The summed E-state index contributed by atoms with van der Waals surface area (Å²) in [5.74, 6) is -1.99. The van der Waals surface area contributed by atoms with Crippen LogP contribution in [0.4, 0.5) is 26.0 Å². The number of rotatable bonds is 3. The maximum atomic E-state index is 13.8. The highest BCUT2D eigenvalue weighted by atomic mass is 79.9. The fourth-order valence-electron chi connectivity index (χ4n) is 1.53. The zero-order valence-electron chi connectivity index (χ0n) is 10.8. The number of methoxy groups -OCH3 is 1. The van der Waals surface area contributed by atoms with E-state index in [0.29, 0.717) is 0 Å². The number of esters is 1. The summed E-state index contributed by atoms with van der Waals surface area (Å²) in [4.78, 5) is 15.3. The number of benzene rings is 1. The van der Waals surface area contributed by atoms with Gasteiger partial charge in [0.25, 0.3) is 0 Å². The van der Waals surface area contributed by atoms with Crippen molar-refractivity contribution in [1.82, 2.24) is 4.98 Å². The van der Waals surface area contributed by atoms with E-state index in [1.54, 1.807) is 0 Å². The minimum atomic E-state index is -0.701. The van der Waals surface area contributed by atoms with Crippen molar-refractivity contribution in [3.05, 3.63) is 46.1 Å². The molecule has 0 aliphatic rings. The van der Waals surface area contributed by atoms with Crippen LogP contribution in [0, 0.1) is 11.6 Å². The number of aromatic nitrogens is 1. The van der Waals surface area contributed by atoms with E-state index in [9.17, 15) is 13.6 Å². The van der Waals surface area contributed by atoms with Gasteiger partial charge in [-0.05, 0) is 34.1 Å². The van der Waals surface area contributed by atoms with Gasteiger partial charge in [-0.25, -0.2) is 18.6 Å². The molecule has 110 valence electrons. The predicted octanol–water partition coefficient (Wildman–Crippen LogP) is 3.23. The molecule has 2 rings (SSSR count). The number of carbonyl (C=O) groups excluding carboxylic acids is 1. The zero-order valence-corrected chi connectivity index (χ0v) is 12.4. The van der Waals surface area contributed by atoms with Crippen molar-refractivity contribution in [1.29, 1.82) is 0 Å². The molecular formula is C13H10BrF2N3O2. The van der Waals surface area contributed by atoms with Crippen LogP contribution < -0.4 is 11.1 Å². The Kier molecular flexibility index (Phi) is 4.37. The Morgan fingerprint density at radius 1 is 1.33 bits per heavy atom. The lowest BCUT2D eigenvalue weighted by molar-refractivity contribution is 0.0594. The van der Waals surface area contributed by atoms with E-state index < -0.39 is 17.6 Å². The first kappa shape index (κ1) is 15.2. The highest BCUT2D eigenvalue weighted by Gasteiger charge is 2.13. The third-order valence-corrected chi connectivity index (χ3v) is 3.19. The molecule has 0 radical (unpaired) electrons. The number of hydrogen-bond donors (Lipinski definition) is 2. The average molecular weight is 358 g/mol. The van der Waals surface area contributed by atoms with Crippen LogP contribution in [0.1, 0.15) is 10.5 Å². The summed E-state index contributed by atoms with van der Waals surface area (Å²) in [6.45, 7) is 0. The SMILES string of the molecule is COC(=O)c1ccc(N)c(Nc2cc(F)c(Br)cc2F)n1. The third-order valence-electron chi connectivity index (χ3n) is 2.58. The van der Waals surface area contributed by atoms with Gasteiger partial charge in [0, 0.05) is 6.07 Å². The molecule has 8 heteroatoms. The van der Waals surface area contributed by atoms with E-state index in [0.717, 1.165) is 12.1 Å². The zero-order chi connectivity index (χ0) is 15.6. The van der Waals surface area contributed by atoms with Crippen LogP contribution in [-0.4, -0.2) is 18.1 Å². The van der Waals surface area contributed by atoms with Gasteiger partial charge >= 0.3 is 5.97 Å². The number of halogens is 3. The van der Waals surface area contributed by atoms with Crippen molar-refractivity contribution < 1.29 is 18.3 Å². The van der Waals surface area contributed by atoms with Crippen molar-refractivity contribution >= 4 is 39.1 Å². The molecule has 0 saturated heterocycles. The number of nitrogen functional groups attached to an aromatic ring is 1. The minimum absolute atomic E-state index is 0.00482. The fourth-order valence-corrected chi connectivity index (χ4v) is 1.85. The van der Waals surface area contributed by atoms with Gasteiger partial charge in [-0.2, -0.15) is 0 Å². The first-order valence-electron chi connectivity index (χ1n) is 5.68. The molecule has 1 aromatic heterocycles. The van der Waals surface area contributed by atoms with E-state index in [-0.39, 0.29) is 27.4 Å². The van der Waals surface area contributed by atoms with Crippen LogP contribution in [0.5, 0.6) is 0 Å². The second kappa shape index (κ2) is 6.04. The smallest absolute Gasteiger partial charge is 0.356 e. The van der Waals surface area contributed by atoms with Crippen molar-refractivity contribution in [2.45, 2.75) is 0 Å². The Labute approximate surface area is 127 Å². The number of hydrogen-bond acceptors (Lipinski definition) is 5. The first-order valence-corrected chi connectivity index (χ1v) is 6.48. The number of pyridine rings is 1. The Hall–Kier alpha value is -2.22. The molecule has 0 unspecified atom stereocenters. The highest BCUT2D eigenvalue weighted by Crippen LogP contribution is 2.27. The van der Waals surface area contributed by atoms with Crippen LogP contribution in [0.15, 0.2) is 28.7 Å². The normalized spacial score (nSPS) is 10.3. The molecule has 2 aromatic rings. The lowest BCUT2D eigenvalue weighted by atomic mass is 10.2. The third kappa shape index (κ3) is 3.27. The molecule has 0 amide bonds. The van der Waals surface area contributed by atoms with Gasteiger partial charge in [0.05, 0.1) is 23.0 Å². The summed E-state index contributed by atoms with van der Waals surface area (Å²) in [5.41, 5.74) is 5.70. The number of nitrogens with one attached hydrogen (secondary N) is 1. The quantitative estimate of drug-likeness (QED) is 0.651. The van der Waals surface area contributed by atoms with Crippen LogP contribution in [0.2, 0.25) is 0 Å². The van der Waals surface area contributed by atoms with Crippen molar-refractivity contribution in [2.24, 2.45) is 0 Å². The van der Waals surface area contributed by atoms with E-state index in [2.05, 4.69) is 31.0 Å². The Balaban J connectivity index is 2.39. The van der Waals surface area contributed by atoms with Gasteiger partial charge in [-0.1, -0.05) is 0 Å². The number of anilines is 3. The molecule has 0 aliphatic carbocycles. The molecule has 21 heavy (non-hydrogen) atoms. The van der Waals surface area contributed by atoms with E-state index in [1.807, 2.05) is 0 Å². The molecule has 0 atom stereocenters. The summed E-state index contributed by atoms with van der Waals surface area (Å²) in [5, 5.41) is 2.55. The molecule has 0 saturated carbocycles. The summed E-state index contributed by atoms with van der Waals surface area (Å²) in [7, 11) is 1.21. The van der Waals surface area contributed by atoms with Crippen LogP contribution in [0.3, 0.4) is 0 Å². The van der Waals surface area contributed by atoms with Gasteiger partial charge in [0.2, 0.25) is 0 Å². The van der Waals surface area contributed by atoms with Crippen LogP contribution >= 0.6 is 15.9 Å². The molecular weight excluding hydrogens is 348 g/mol. The van der Waals surface area contributed by atoms with Crippen LogP contribution in [0.25, 0.3) is 0 Å². The van der Waals surface area contributed by atoms with Crippen molar-refractivity contribution in [3.63, 3.8) is 0 Å². The van der Waals surface area contributed by atoms with E-state index in [1.165, 1.54) is 19.2 Å². The molecule has 1 aromatic carbocycles. The van der Waals surface area contributed by atoms with Gasteiger partial charge < -0.3 is 15.8 Å².